The van der Waals surface area contributed by atoms with Crippen molar-refractivity contribution >= 4 is 23.4 Å². The molecule has 1 heterocycles. The molecular formula is C19H25N3O3S. The van der Waals surface area contributed by atoms with Gasteiger partial charge in [-0.1, -0.05) is 23.9 Å². The Hall–Kier alpha value is -2.12. The molecule has 0 fully saturated rings. The molecule has 0 saturated carbocycles. The van der Waals surface area contributed by atoms with Gasteiger partial charge < -0.3 is 15.0 Å². The molecule has 7 heteroatoms. The Morgan fingerprint density at radius 1 is 1.31 bits per heavy atom. The third kappa shape index (κ3) is 5.71. The molecule has 0 spiro atoms. The number of aromatic nitrogens is 2. The van der Waals surface area contributed by atoms with E-state index in [-0.39, 0.29) is 24.2 Å². The zero-order valence-electron chi connectivity index (χ0n) is 15.8. The van der Waals surface area contributed by atoms with E-state index in [0.717, 1.165) is 16.8 Å². The van der Waals surface area contributed by atoms with Gasteiger partial charge in [-0.25, -0.2) is 4.98 Å². The van der Waals surface area contributed by atoms with E-state index in [1.54, 1.807) is 6.92 Å². The molecular weight excluding hydrogens is 350 g/mol. The molecule has 1 unspecified atom stereocenters. The number of rotatable bonds is 7. The van der Waals surface area contributed by atoms with Gasteiger partial charge in [0.25, 0.3) is 5.56 Å². The molecule has 2 N–H and O–H groups in total. The maximum atomic E-state index is 12.5. The van der Waals surface area contributed by atoms with Crippen LogP contribution in [0.2, 0.25) is 0 Å². The van der Waals surface area contributed by atoms with Crippen LogP contribution in [0.5, 0.6) is 0 Å². The van der Waals surface area contributed by atoms with Gasteiger partial charge >= 0.3 is 0 Å². The molecule has 0 aliphatic carbocycles. The number of nitrogens with zero attached hydrogens (tertiary/aromatic N) is 1. The summed E-state index contributed by atoms with van der Waals surface area (Å²) < 4.78 is 5.49. The van der Waals surface area contributed by atoms with Crippen LogP contribution in [0.4, 0.5) is 5.69 Å². The fourth-order valence-corrected chi connectivity index (χ4v) is 3.04. The van der Waals surface area contributed by atoms with E-state index in [4.69, 9.17) is 4.74 Å². The molecule has 2 aromatic rings. The summed E-state index contributed by atoms with van der Waals surface area (Å²) >= 11 is 1.21. The van der Waals surface area contributed by atoms with Crippen LogP contribution >= 0.6 is 11.8 Å². The van der Waals surface area contributed by atoms with Crippen molar-refractivity contribution in [1.29, 1.82) is 0 Å². The monoisotopic (exact) mass is 375 g/mol. The summed E-state index contributed by atoms with van der Waals surface area (Å²) in [6.45, 7) is 9.86. The van der Waals surface area contributed by atoms with Crippen LogP contribution in [0.3, 0.4) is 0 Å². The fraction of sp³-hybridized carbons (Fsp3) is 0.421. The highest BCUT2D eigenvalue weighted by atomic mass is 32.2. The first-order valence-electron chi connectivity index (χ1n) is 8.52. The van der Waals surface area contributed by atoms with Crippen LogP contribution in [0.25, 0.3) is 0 Å². The Morgan fingerprint density at radius 2 is 2.04 bits per heavy atom. The highest BCUT2D eigenvalue weighted by Gasteiger charge is 2.17. The van der Waals surface area contributed by atoms with Crippen LogP contribution < -0.4 is 10.9 Å². The lowest BCUT2D eigenvalue weighted by atomic mass is 10.1. The van der Waals surface area contributed by atoms with Gasteiger partial charge in [-0.15, -0.1) is 0 Å². The summed E-state index contributed by atoms with van der Waals surface area (Å²) in [6.07, 6.45) is 0.0504. The van der Waals surface area contributed by atoms with Crippen LogP contribution in [-0.4, -0.2) is 27.2 Å². The average molecular weight is 375 g/mol. The number of anilines is 1. The van der Waals surface area contributed by atoms with Crippen LogP contribution in [0.1, 0.15) is 37.6 Å². The van der Waals surface area contributed by atoms with Crippen molar-refractivity contribution in [1.82, 2.24) is 9.97 Å². The predicted molar refractivity (Wildman–Crippen MR) is 105 cm³/mol. The molecule has 1 aromatic carbocycles. The van der Waals surface area contributed by atoms with Crippen molar-refractivity contribution in [2.45, 2.75) is 57.7 Å². The van der Waals surface area contributed by atoms with Gasteiger partial charge in [-0.05, 0) is 51.8 Å². The predicted octanol–water partition coefficient (Wildman–Crippen LogP) is 3.43. The number of carbonyl (C=O) groups is 1. The largest absolute Gasteiger partial charge is 0.373 e. The first kappa shape index (κ1) is 20.2. The summed E-state index contributed by atoms with van der Waals surface area (Å²) in [7, 11) is 0. The summed E-state index contributed by atoms with van der Waals surface area (Å²) in [6, 6.07) is 7.20. The van der Waals surface area contributed by atoms with E-state index in [1.165, 1.54) is 17.8 Å². The van der Waals surface area contributed by atoms with Crippen molar-refractivity contribution in [2.24, 2.45) is 0 Å². The van der Waals surface area contributed by atoms with E-state index in [9.17, 15) is 9.59 Å². The number of benzene rings is 1. The number of carbonyl (C=O) groups excluding carboxylic acids is 1. The number of hydrogen-bond acceptors (Lipinski definition) is 5. The van der Waals surface area contributed by atoms with Gasteiger partial charge in [0.15, 0.2) is 5.16 Å². The Balaban J connectivity index is 2.06. The molecule has 0 aliphatic heterocycles. The standard InChI is InChI=1S/C19H25N3O3S/c1-11(2)25-10-15-9-17(23)22-19(20-15)26-14(5)18(24)21-16-8-6-7-12(3)13(16)4/h6-9,11,14H,10H2,1-5H3,(H,21,24)(H,20,22,23). The summed E-state index contributed by atoms with van der Waals surface area (Å²) in [5.41, 5.74) is 3.24. The van der Waals surface area contributed by atoms with Crippen LogP contribution in [0.15, 0.2) is 34.2 Å². The molecule has 0 saturated heterocycles. The zero-order valence-corrected chi connectivity index (χ0v) is 16.6. The molecule has 2 rings (SSSR count). The minimum Gasteiger partial charge on any atom is -0.373 e. The number of amides is 1. The number of H-pyrrole nitrogens is 1. The number of aromatic amines is 1. The lowest BCUT2D eigenvalue weighted by Gasteiger charge is -2.14. The lowest BCUT2D eigenvalue weighted by molar-refractivity contribution is -0.115. The Labute approximate surface area is 157 Å². The van der Waals surface area contributed by atoms with E-state index in [0.29, 0.717) is 10.9 Å². The average Bonchev–Trinajstić information content (AvgIpc) is 2.56. The third-order valence-corrected chi connectivity index (χ3v) is 4.84. The van der Waals surface area contributed by atoms with Gasteiger partial charge in [0.2, 0.25) is 5.91 Å². The summed E-state index contributed by atoms with van der Waals surface area (Å²) in [4.78, 5) is 31.3. The van der Waals surface area contributed by atoms with Crippen molar-refractivity contribution in [2.75, 3.05) is 5.32 Å². The van der Waals surface area contributed by atoms with Crippen molar-refractivity contribution in [3.63, 3.8) is 0 Å². The van der Waals surface area contributed by atoms with Gasteiger partial charge in [0, 0.05) is 11.8 Å². The van der Waals surface area contributed by atoms with E-state index < -0.39 is 5.25 Å². The SMILES string of the molecule is Cc1cccc(NC(=O)C(C)Sc2nc(COC(C)C)cc(=O)[nH]2)c1C. The quantitative estimate of drug-likeness (QED) is 0.572. The molecule has 140 valence electrons. The maximum absolute atomic E-state index is 12.5. The van der Waals surface area contributed by atoms with Crippen molar-refractivity contribution < 1.29 is 9.53 Å². The Kier molecular flexibility index (Phi) is 6.99. The van der Waals surface area contributed by atoms with E-state index in [1.807, 2.05) is 45.9 Å². The molecule has 1 atom stereocenters. The van der Waals surface area contributed by atoms with E-state index >= 15 is 0 Å². The zero-order chi connectivity index (χ0) is 19.3. The first-order valence-corrected chi connectivity index (χ1v) is 9.39. The maximum Gasteiger partial charge on any atom is 0.251 e. The minimum absolute atomic E-state index is 0.0504. The number of aryl methyl sites for hydroxylation is 1. The van der Waals surface area contributed by atoms with Gasteiger partial charge in [-0.3, -0.25) is 9.59 Å². The molecule has 26 heavy (non-hydrogen) atoms. The summed E-state index contributed by atoms with van der Waals surface area (Å²) in [5, 5.41) is 2.92. The summed E-state index contributed by atoms with van der Waals surface area (Å²) in [5.74, 6) is -0.143. The first-order chi connectivity index (χ1) is 12.3. The van der Waals surface area contributed by atoms with Gasteiger partial charge in [-0.2, -0.15) is 0 Å². The molecule has 6 nitrogen and oxygen atoms in total. The number of nitrogens with one attached hydrogen (secondary N) is 2. The highest BCUT2D eigenvalue weighted by molar-refractivity contribution is 8.00. The van der Waals surface area contributed by atoms with E-state index in [2.05, 4.69) is 15.3 Å². The van der Waals surface area contributed by atoms with Crippen LogP contribution in [-0.2, 0) is 16.1 Å². The Morgan fingerprint density at radius 3 is 2.73 bits per heavy atom. The third-order valence-electron chi connectivity index (χ3n) is 3.86. The molecule has 0 radical (unpaired) electrons. The number of hydrogen-bond donors (Lipinski definition) is 2. The lowest BCUT2D eigenvalue weighted by Crippen LogP contribution is -2.24. The van der Waals surface area contributed by atoms with Gasteiger partial charge in [0.1, 0.15) is 0 Å². The second-order valence-electron chi connectivity index (χ2n) is 6.40. The number of thioether (sulfide) groups is 1. The molecule has 0 bridgehead atoms. The second-order valence-corrected chi connectivity index (χ2v) is 7.73. The topological polar surface area (TPSA) is 84.1 Å². The normalized spacial score (nSPS) is 12.2. The minimum atomic E-state index is -0.417. The molecule has 1 amide bonds. The van der Waals surface area contributed by atoms with Gasteiger partial charge in [0.05, 0.1) is 23.7 Å². The number of ether oxygens (including phenoxy) is 1. The van der Waals surface area contributed by atoms with Crippen LogP contribution in [0, 0.1) is 13.8 Å². The highest BCUT2D eigenvalue weighted by Crippen LogP contribution is 2.22. The fourth-order valence-electron chi connectivity index (χ4n) is 2.21. The molecule has 1 aromatic heterocycles. The Bertz CT molecular complexity index is 833. The van der Waals surface area contributed by atoms with Crippen molar-refractivity contribution in [3.05, 3.63) is 51.4 Å². The smallest absolute Gasteiger partial charge is 0.251 e. The van der Waals surface area contributed by atoms with Crippen molar-refractivity contribution in [3.8, 4) is 0 Å². The second kappa shape index (κ2) is 9.00. The molecule has 0 aliphatic rings.